The average Bonchev–Trinajstić information content (AvgIpc) is 2.96. The number of rotatable bonds is 4. The Morgan fingerprint density at radius 3 is 2.43 bits per heavy atom. The van der Waals surface area contributed by atoms with Crippen LogP contribution in [0.1, 0.15) is 42.0 Å². The summed E-state index contributed by atoms with van der Waals surface area (Å²) in [6.07, 6.45) is 3.81. The standard InChI is InChI=1S/C19H23NO3/c1-9-4-3-5-13(10(9)2)17(19(22)23)20-18(21)16-14-11-6-7-12(8-11)15(14)16/h3-5,11-12,14-17H,6-8H2,1-2H3,(H,20,21)(H,22,23). The van der Waals surface area contributed by atoms with Crippen molar-refractivity contribution in [3.05, 3.63) is 34.9 Å². The minimum atomic E-state index is -0.985. The van der Waals surface area contributed by atoms with E-state index >= 15 is 0 Å². The number of nitrogens with one attached hydrogen (secondary N) is 1. The van der Waals surface area contributed by atoms with Gasteiger partial charge in [-0.25, -0.2) is 4.79 Å². The second-order valence-corrected chi connectivity index (χ2v) is 7.58. The number of benzene rings is 1. The Kier molecular flexibility index (Phi) is 3.26. The van der Waals surface area contributed by atoms with Gasteiger partial charge in [0.25, 0.3) is 0 Å². The lowest BCUT2D eigenvalue weighted by molar-refractivity contribution is -0.142. The van der Waals surface area contributed by atoms with Crippen molar-refractivity contribution in [1.82, 2.24) is 5.32 Å². The number of hydrogen-bond acceptors (Lipinski definition) is 2. The van der Waals surface area contributed by atoms with Crippen molar-refractivity contribution >= 4 is 11.9 Å². The Bertz CT molecular complexity index is 667. The Morgan fingerprint density at radius 1 is 1.17 bits per heavy atom. The molecular formula is C19H23NO3. The van der Waals surface area contributed by atoms with Gasteiger partial charge in [-0.15, -0.1) is 0 Å². The third kappa shape index (κ3) is 2.19. The number of amides is 1. The zero-order valence-electron chi connectivity index (χ0n) is 13.6. The molecule has 5 atom stereocenters. The van der Waals surface area contributed by atoms with E-state index in [4.69, 9.17) is 0 Å². The normalized spacial score (nSPS) is 34.8. The van der Waals surface area contributed by atoms with Gasteiger partial charge in [-0.2, -0.15) is 0 Å². The first kappa shape index (κ1) is 14.7. The lowest BCUT2D eigenvalue weighted by Gasteiger charge is -2.19. The van der Waals surface area contributed by atoms with Crippen LogP contribution in [0.4, 0.5) is 0 Å². The summed E-state index contributed by atoms with van der Waals surface area (Å²) in [5, 5.41) is 12.4. The van der Waals surface area contributed by atoms with Gasteiger partial charge >= 0.3 is 5.97 Å². The van der Waals surface area contributed by atoms with E-state index in [2.05, 4.69) is 5.32 Å². The summed E-state index contributed by atoms with van der Waals surface area (Å²) < 4.78 is 0. The molecule has 3 fully saturated rings. The summed E-state index contributed by atoms with van der Waals surface area (Å²) in [5.41, 5.74) is 2.68. The van der Waals surface area contributed by atoms with Crippen LogP contribution in [-0.4, -0.2) is 17.0 Å². The van der Waals surface area contributed by atoms with Gasteiger partial charge in [0.1, 0.15) is 0 Å². The highest BCUT2D eigenvalue weighted by Crippen LogP contribution is 2.69. The van der Waals surface area contributed by atoms with E-state index in [1.807, 2.05) is 26.0 Å². The summed E-state index contributed by atoms with van der Waals surface area (Å²) >= 11 is 0. The van der Waals surface area contributed by atoms with Gasteiger partial charge < -0.3 is 10.4 Å². The molecule has 4 rings (SSSR count). The minimum absolute atomic E-state index is 0.0510. The van der Waals surface area contributed by atoms with E-state index in [1.165, 1.54) is 19.3 Å². The lowest BCUT2D eigenvalue weighted by atomic mass is 9.96. The number of aryl methyl sites for hydroxylation is 1. The molecule has 0 saturated heterocycles. The van der Waals surface area contributed by atoms with Crippen LogP contribution in [0.2, 0.25) is 0 Å². The maximum absolute atomic E-state index is 12.6. The van der Waals surface area contributed by atoms with Crippen LogP contribution in [0.5, 0.6) is 0 Å². The van der Waals surface area contributed by atoms with Crippen molar-refractivity contribution in [2.24, 2.45) is 29.6 Å². The monoisotopic (exact) mass is 313 g/mol. The predicted molar refractivity (Wildman–Crippen MR) is 85.7 cm³/mol. The van der Waals surface area contributed by atoms with Crippen LogP contribution in [0, 0.1) is 43.4 Å². The molecule has 0 heterocycles. The molecule has 23 heavy (non-hydrogen) atoms. The molecule has 4 heteroatoms. The van der Waals surface area contributed by atoms with Gasteiger partial charge in [-0.05, 0) is 73.5 Å². The van der Waals surface area contributed by atoms with E-state index in [-0.39, 0.29) is 11.8 Å². The highest BCUT2D eigenvalue weighted by molar-refractivity contribution is 5.88. The fourth-order valence-electron chi connectivity index (χ4n) is 5.27. The van der Waals surface area contributed by atoms with Crippen LogP contribution in [0.25, 0.3) is 0 Å². The summed E-state index contributed by atoms with van der Waals surface area (Å²) in [5.74, 6) is 1.51. The van der Waals surface area contributed by atoms with Crippen molar-refractivity contribution < 1.29 is 14.7 Å². The molecule has 0 spiro atoms. The predicted octanol–water partition coefficient (Wildman–Crippen LogP) is 2.84. The van der Waals surface area contributed by atoms with E-state index in [0.717, 1.165) is 11.1 Å². The van der Waals surface area contributed by atoms with Gasteiger partial charge in [-0.3, -0.25) is 4.79 Å². The van der Waals surface area contributed by atoms with Crippen LogP contribution < -0.4 is 5.32 Å². The van der Waals surface area contributed by atoms with E-state index in [0.29, 0.717) is 29.2 Å². The molecule has 0 aliphatic heterocycles. The Balaban J connectivity index is 1.53. The number of carbonyl (C=O) groups excluding carboxylic acids is 1. The molecule has 0 aromatic heterocycles. The van der Waals surface area contributed by atoms with Crippen molar-refractivity contribution in [2.75, 3.05) is 0 Å². The molecule has 1 aromatic rings. The lowest BCUT2D eigenvalue weighted by Crippen LogP contribution is -2.36. The summed E-state index contributed by atoms with van der Waals surface area (Å²) in [7, 11) is 0. The Hall–Kier alpha value is -1.84. The fourth-order valence-corrected chi connectivity index (χ4v) is 5.27. The van der Waals surface area contributed by atoms with E-state index < -0.39 is 12.0 Å². The van der Waals surface area contributed by atoms with E-state index in [9.17, 15) is 14.7 Å². The maximum atomic E-state index is 12.6. The minimum Gasteiger partial charge on any atom is -0.479 e. The molecule has 0 radical (unpaired) electrons. The third-order valence-electron chi connectivity index (χ3n) is 6.53. The maximum Gasteiger partial charge on any atom is 0.330 e. The molecule has 3 aliphatic carbocycles. The highest BCUT2D eigenvalue weighted by Gasteiger charge is 2.67. The number of aliphatic carboxylic acids is 1. The van der Waals surface area contributed by atoms with Crippen LogP contribution in [0.3, 0.4) is 0 Å². The number of carbonyl (C=O) groups is 2. The fraction of sp³-hybridized carbons (Fsp3) is 0.579. The van der Waals surface area contributed by atoms with Gasteiger partial charge in [0.2, 0.25) is 5.91 Å². The molecular weight excluding hydrogens is 290 g/mol. The van der Waals surface area contributed by atoms with Gasteiger partial charge in [-0.1, -0.05) is 18.2 Å². The second-order valence-electron chi connectivity index (χ2n) is 7.58. The summed E-state index contributed by atoms with van der Waals surface area (Å²) in [4.78, 5) is 24.4. The Labute approximate surface area is 136 Å². The smallest absolute Gasteiger partial charge is 0.330 e. The Morgan fingerprint density at radius 2 is 1.83 bits per heavy atom. The highest BCUT2D eigenvalue weighted by atomic mass is 16.4. The molecule has 1 aromatic carbocycles. The molecule has 2 bridgehead atoms. The second kappa shape index (κ2) is 5.08. The van der Waals surface area contributed by atoms with Crippen molar-refractivity contribution in [2.45, 2.75) is 39.2 Å². The molecule has 3 aliphatic rings. The SMILES string of the molecule is Cc1cccc(C(NC(=O)C2C3C4CCC(C4)C23)C(=O)O)c1C. The zero-order chi connectivity index (χ0) is 16.3. The van der Waals surface area contributed by atoms with Crippen LogP contribution in [-0.2, 0) is 9.59 Å². The van der Waals surface area contributed by atoms with Gasteiger partial charge in [0, 0.05) is 5.92 Å². The molecule has 5 unspecified atom stereocenters. The summed E-state index contributed by atoms with van der Waals surface area (Å²) in [6, 6.07) is 4.68. The largest absolute Gasteiger partial charge is 0.479 e. The molecule has 122 valence electrons. The van der Waals surface area contributed by atoms with Crippen LogP contribution in [0.15, 0.2) is 18.2 Å². The van der Waals surface area contributed by atoms with Gasteiger partial charge in [0.15, 0.2) is 6.04 Å². The third-order valence-corrected chi connectivity index (χ3v) is 6.53. The van der Waals surface area contributed by atoms with Crippen molar-refractivity contribution in [1.29, 1.82) is 0 Å². The molecule has 3 saturated carbocycles. The number of fused-ring (bicyclic) bond motifs is 5. The van der Waals surface area contributed by atoms with Gasteiger partial charge in [0.05, 0.1) is 0 Å². The number of hydrogen-bond donors (Lipinski definition) is 2. The van der Waals surface area contributed by atoms with E-state index in [1.54, 1.807) is 6.07 Å². The first-order valence-electron chi connectivity index (χ1n) is 8.58. The molecule has 1 amide bonds. The van der Waals surface area contributed by atoms with Crippen molar-refractivity contribution in [3.8, 4) is 0 Å². The van der Waals surface area contributed by atoms with Crippen molar-refractivity contribution in [3.63, 3.8) is 0 Å². The first-order chi connectivity index (χ1) is 11.0. The number of carboxylic acid groups (broad SMARTS) is 1. The average molecular weight is 313 g/mol. The summed E-state index contributed by atoms with van der Waals surface area (Å²) in [6.45, 7) is 3.88. The van der Waals surface area contributed by atoms with Crippen LogP contribution >= 0.6 is 0 Å². The zero-order valence-corrected chi connectivity index (χ0v) is 13.6. The number of carboxylic acids is 1. The quantitative estimate of drug-likeness (QED) is 0.898. The molecule has 2 N–H and O–H groups in total. The topological polar surface area (TPSA) is 66.4 Å². The molecule has 4 nitrogen and oxygen atoms in total. The first-order valence-corrected chi connectivity index (χ1v) is 8.58.